The zero-order valence-electron chi connectivity index (χ0n) is 17.8. The van der Waals surface area contributed by atoms with E-state index in [4.69, 9.17) is 11.6 Å². The van der Waals surface area contributed by atoms with E-state index in [9.17, 15) is 9.90 Å². The lowest BCUT2D eigenvalue weighted by molar-refractivity contribution is 0.0911. The summed E-state index contributed by atoms with van der Waals surface area (Å²) in [7, 11) is 0. The summed E-state index contributed by atoms with van der Waals surface area (Å²) >= 11 is 6.03. The number of aliphatic hydroxyl groups is 1. The minimum atomic E-state index is -0.590. The first-order valence-corrected chi connectivity index (χ1v) is 10.9. The molecule has 1 aromatic carbocycles. The highest BCUT2D eigenvalue weighted by Gasteiger charge is 2.19. The van der Waals surface area contributed by atoms with E-state index in [0.29, 0.717) is 28.4 Å². The number of hydrogen-bond donors (Lipinski definition) is 4. The average Bonchev–Trinajstić information content (AvgIpc) is 3.29. The number of anilines is 1. The predicted molar refractivity (Wildman–Crippen MR) is 122 cm³/mol. The number of carbonyl (C=O) groups excluding carboxylic acids is 1. The van der Waals surface area contributed by atoms with Crippen LogP contribution in [0.2, 0.25) is 5.02 Å². The topological polar surface area (TPSA) is 117 Å². The van der Waals surface area contributed by atoms with Gasteiger partial charge in [0.25, 0.3) is 5.91 Å². The Morgan fingerprint density at radius 2 is 2.16 bits per heavy atom. The van der Waals surface area contributed by atoms with Gasteiger partial charge in [-0.2, -0.15) is 4.98 Å². The molecule has 0 saturated carbocycles. The van der Waals surface area contributed by atoms with Crippen molar-refractivity contribution in [1.82, 2.24) is 30.2 Å². The van der Waals surface area contributed by atoms with Gasteiger partial charge in [0.05, 0.1) is 12.6 Å². The number of piperidine rings is 1. The van der Waals surface area contributed by atoms with E-state index in [1.54, 1.807) is 47.6 Å². The molecule has 2 aromatic heterocycles. The van der Waals surface area contributed by atoms with E-state index in [2.05, 4.69) is 30.9 Å². The maximum Gasteiger partial charge on any atom is 0.272 e. The van der Waals surface area contributed by atoms with Crippen molar-refractivity contribution in [2.75, 3.05) is 25.0 Å². The molecule has 4 rings (SSSR count). The second-order valence-electron chi connectivity index (χ2n) is 7.80. The fourth-order valence-corrected chi connectivity index (χ4v) is 3.86. The second kappa shape index (κ2) is 10.1. The number of aromatic nitrogens is 4. The highest BCUT2D eigenvalue weighted by atomic mass is 35.5. The molecule has 1 saturated heterocycles. The first-order valence-electron chi connectivity index (χ1n) is 10.6. The summed E-state index contributed by atoms with van der Waals surface area (Å²) in [6, 6.07) is 6.76. The Labute approximate surface area is 191 Å². The van der Waals surface area contributed by atoms with Gasteiger partial charge in [0.1, 0.15) is 17.8 Å². The number of nitrogens with one attached hydrogen (secondary N) is 3. The van der Waals surface area contributed by atoms with Gasteiger partial charge in [0.15, 0.2) is 0 Å². The lowest BCUT2D eigenvalue weighted by atomic mass is 10.1. The van der Waals surface area contributed by atoms with Crippen molar-refractivity contribution in [3.63, 3.8) is 0 Å². The van der Waals surface area contributed by atoms with E-state index in [0.717, 1.165) is 31.5 Å². The second-order valence-corrected chi connectivity index (χ2v) is 8.24. The molecule has 1 unspecified atom stereocenters. The maximum atomic E-state index is 12.7. The van der Waals surface area contributed by atoms with Crippen molar-refractivity contribution in [3.8, 4) is 5.82 Å². The first-order chi connectivity index (χ1) is 15.5. The summed E-state index contributed by atoms with van der Waals surface area (Å²) in [5.74, 6) is 0.803. The van der Waals surface area contributed by atoms with Crippen LogP contribution in [0.3, 0.4) is 0 Å². The molecule has 3 aromatic rings. The molecule has 4 N–H and O–H groups in total. The van der Waals surface area contributed by atoms with Crippen molar-refractivity contribution in [3.05, 3.63) is 64.8 Å². The standard InChI is InChI=1S/C22H26ClN7O2/c1-14-10-25-22(27-17-5-7-24-8-6-17)29-20(14)30-11-18(26-13-30)21(32)28-19(12-31)15-3-2-4-16(23)9-15/h2-4,9-11,13,17,19,24,31H,5-8,12H2,1H3,(H,28,32)(H,25,27,29). The Kier molecular flexibility index (Phi) is 6.99. The average molecular weight is 456 g/mol. The molecule has 0 bridgehead atoms. The van der Waals surface area contributed by atoms with Crippen LogP contribution in [0.5, 0.6) is 0 Å². The Hall–Kier alpha value is -3.01. The third-order valence-corrected chi connectivity index (χ3v) is 5.65. The molecular weight excluding hydrogens is 430 g/mol. The monoisotopic (exact) mass is 455 g/mol. The molecule has 0 aliphatic carbocycles. The zero-order chi connectivity index (χ0) is 22.5. The molecule has 9 nitrogen and oxygen atoms in total. The lowest BCUT2D eigenvalue weighted by Crippen LogP contribution is -2.35. The molecule has 0 spiro atoms. The van der Waals surface area contributed by atoms with E-state index >= 15 is 0 Å². The van der Waals surface area contributed by atoms with Crippen LogP contribution < -0.4 is 16.0 Å². The number of hydrogen-bond acceptors (Lipinski definition) is 7. The van der Waals surface area contributed by atoms with Crippen LogP contribution in [-0.2, 0) is 0 Å². The summed E-state index contributed by atoms with van der Waals surface area (Å²) in [6.45, 7) is 3.59. The summed E-state index contributed by atoms with van der Waals surface area (Å²) < 4.78 is 1.70. The largest absolute Gasteiger partial charge is 0.394 e. The Morgan fingerprint density at radius 1 is 1.34 bits per heavy atom. The molecule has 168 valence electrons. The Balaban J connectivity index is 1.49. The molecule has 10 heteroatoms. The highest BCUT2D eigenvalue weighted by molar-refractivity contribution is 6.30. The lowest BCUT2D eigenvalue weighted by Gasteiger charge is -2.23. The van der Waals surface area contributed by atoms with Crippen molar-refractivity contribution >= 4 is 23.5 Å². The molecule has 1 aliphatic rings. The molecule has 32 heavy (non-hydrogen) atoms. The fourth-order valence-electron chi connectivity index (χ4n) is 3.66. The van der Waals surface area contributed by atoms with Gasteiger partial charge in [-0.25, -0.2) is 9.97 Å². The van der Waals surface area contributed by atoms with Crippen LogP contribution in [0.15, 0.2) is 43.0 Å². The van der Waals surface area contributed by atoms with Crippen LogP contribution in [0.1, 0.15) is 40.5 Å². The minimum Gasteiger partial charge on any atom is -0.394 e. The van der Waals surface area contributed by atoms with Crippen LogP contribution in [0, 0.1) is 6.92 Å². The number of halogens is 1. The van der Waals surface area contributed by atoms with Crippen LogP contribution in [0.25, 0.3) is 5.82 Å². The number of aryl methyl sites for hydroxylation is 1. The summed E-state index contributed by atoms with van der Waals surface area (Å²) in [5.41, 5.74) is 1.79. The van der Waals surface area contributed by atoms with E-state index in [1.807, 2.05) is 6.92 Å². The van der Waals surface area contributed by atoms with Gasteiger partial charge in [-0.05, 0) is 50.6 Å². The van der Waals surface area contributed by atoms with E-state index in [-0.39, 0.29) is 12.3 Å². The molecule has 3 heterocycles. The summed E-state index contributed by atoms with van der Waals surface area (Å²) in [6.07, 6.45) is 6.95. The van der Waals surface area contributed by atoms with Gasteiger partial charge in [0, 0.05) is 29.0 Å². The number of benzene rings is 1. The Bertz CT molecular complexity index is 1080. The minimum absolute atomic E-state index is 0.219. The quantitative estimate of drug-likeness (QED) is 0.431. The number of imidazole rings is 1. The predicted octanol–water partition coefficient (Wildman–Crippen LogP) is 2.25. The Morgan fingerprint density at radius 3 is 2.91 bits per heavy atom. The van der Waals surface area contributed by atoms with Gasteiger partial charge in [-0.15, -0.1) is 0 Å². The number of carbonyl (C=O) groups is 1. The molecule has 1 aliphatic heterocycles. The van der Waals surface area contributed by atoms with Gasteiger partial charge in [-0.1, -0.05) is 23.7 Å². The highest BCUT2D eigenvalue weighted by Crippen LogP contribution is 2.19. The molecule has 0 radical (unpaired) electrons. The van der Waals surface area contributed by atoms with E-state index < -0.39 is 11.9 Å². The van der Waals surface area contributed by atoms with Crippen LogP contribution in [-0.4, -0.2) is 56.3 Å². The number of rotatable bonds is 7. The third-order valence-electron chi connectivity index (χ3n) is 5.42. The van der Waals surface area contributed by atoms with Crippen molar-refractivity contribution in [1.29, 1.82) is 0 Å². The molecule has 1 amide bonds. The molecule has 1 fully saturated rings. The van der Waals surface area contributed by atoms with Crippen molar-refractivity contribution in [2.45, 2.75) is 31.8 Å². The first kappa shape index (κ1) is 22.2. The maximum absolute atomic E-state index is 12.7. The van der Waals surface area contributed by atoms with Gasteiger partial charge in [0.2, 0.25) is 5.95 Å². The van der Waals surface area contributed by atoms with Crippen LogP contribution >= 0.6 is 11.6 Å². The number of nitrogens with zero attached hydrogens (tertiary/aromatic N) is 4. The zero-order valence-corrected chi connectivity index (χ0v) is 18.5. The van der Waals surface area contributed by atoms with E-state index in [1.165, 1.54) is 0 Å². The normalized spacial score (nSPS) is 15.3. The molecule has 1 atom stereocenters. The summed E-state index contributed by atoms with van der Waals surface area (Å²) in [5, 5.41) is 19.8. The van der Waals surface area contributed by atoms with Gasteiger partial charge < -0.3 is 21.1 Å². The van der Waals surface area contributed by atoms with Gasteiger partial charge in [-0.3, -0.25) is 9.36 Å². The fraction of sp³-hybridized carbons (Fsp3) is 0.364. The van der Waals surface area contributed by atoms with Crippen molar-refractivity contribution in [2.24, 2.45) is 0 Å². The number of amides is 1. The van der Waals surface area contributed by atoms with Crippen molar-refractivity contribution < 1.29 is 9.90 Å². The molecular formula is C22H26ClN7O2. The smallest absolute Gasteiger partial charge is 0.272 e. The number of aliphatic hydroxyl groups excluding tert-OH is 1. The third kappa shape index (κ3) is 5.24. The van der Waals surface area contributed by atoms with Crippen LogP contribution in [0.4, 0.5) is 5.95 Å². The summed E-state index contributed by atoms with van der Waals surface area (Å²) in [4.78, 5) is 26.0. The van der Waals surface area contributed by atoms with Gasteiger partial charge >= 0.3 is 0 Å². The SMILES string of the molecule is Cc1cnc(NC2CCNCC2)nc1-n1cnc(C(=O)NC(CO)c2cccc(Cl)c2)c1.